The van der Waals surface area contributed by atoms with E-state index in [-0.39, 0.29) is 5.54 Å². The smallest absolute Gasteiger partial charge is 0.112 e. The first-order valence-corrected chi connectivity index (χ1v) is 7.47. The summed E-state index contributed by atoms with van der Waals surface area (Å²) in [6.07, 6.45) is 1.81. The summed E-state index contributed by atoms with van der Waals surface area (Å²) in [7, 11) is 0. The Balaban J connectivity index is 2.40. The largest absolute Gasteiger partial charge is 0.381 e. The van der Waals surface area contributed by atoms with Crippen LogP contribution in [0.1, 0.15) is 45.5 Å². The SMILES string of the molecule is CCCOCCc1nc2cc(C#N)ccc2n1C(C)(C)C. The van der Waals surface area contributed by atoms with E-state index < -0.39 is 0 Å². The lowest BCUT2D eigenvalue weighted by molar-refractivity contribution is 0.135. The molecule has 0 saturated heterocycles. The van der Waals surface area contributed by atoms with E-state index in [4.69, 9.17) is 15.0 Å². The van der Waals surface area contributed by atoms with Crippen LogP contribution in [0.25, 0.3) is 11.0 Å². The number of nitrogens with zero attached hydrogens (tertiary/aromatic N) is 3. The fourth-order valence-electron chi connectivity index (χ4n) is 2.53. The number of fused-ring (bicyclic) bond motifs is 1. The second-order valence-electron chi connectivity index (χ2n) is 6.21. The zero-order valence-electron chi connectivity index (χ0n) is 13.3. The van der Waals surface area contributed by atoms with E-state index in [1.165, 1.54) is 0 Å². The van der Waals surface area contributed by atoms with Crippen LogP contribution in [0, 0.1) is 11.3 Å². The Labute approximate surface area is 126 Å². The normalized spacial score (nSPS) is 11.8. The van der Waals surface area contributed by atoms with Gasteiger partial charge in [-0.25, -0.2) is 4.98 Å². The highest BCUT2D eigenvalue weighted by Crippen LogP contribution is 2.26. The van der Waals surface area contributed by atoms with Crippen LogP contribution < -0.4 is 0 Å². The molecule has 0 fully saturated rings. The van der Waals surface area contributed by atoms with Gasteiger partial charge in [-0.15, -0.1) is 0 Å². The highest BCUT2D eigenvalue weighted by atomic mass is 16.5. The Morgan fingerprint density at radius 2 is 2.05 bits per heavy atom. The molecular formula is C17H23N3O. The van der Waals surface area contributed by atoms with Crippen LogP contribution >= 0.6 is 0 Å². The van der Waals surface area contributed by atoms with Gasteiger partial charge in [0, 0.05) is 18.6 Å². The quantitative estimate of drug-likeness (QED) is 0.788. The van der Waals surface area contributed by atoms with Crippen molar-refractivity contribution in [2.45, 2.75) is 46.1 Å². The molecule has 112 valence electrons. The third-order valence-corrected chi connectivity index (χ3v) is 3.34. The summed E-state index contributed by atoms with van der Waals surface area (Å²) < 4.78 is 7.84. The second-order valence-corrected chi connectivity index (χ2v) is 6.21. The summed E-state index contributed by atoms with van der Waals surface area (Å²) >= 11 is 0. The Hall–Kier alpha value is -1.86. The predicted molar refractivity (Wildman–Crippen MR) is 84.3 cm³/mol. The first-order valence-electron chi connectivity index (χ1n) is 7.47. The summed E-state index contributed by atoms with van der Waals surface area (Å²) in [5.41, 5.74) is 2.56. The number of rotatable bonds is 5. The molecule has 0 radical (unpaired) electrons. The number of hydrogen-bond acceptors (Lipinski definition) is 3. The molecule has 4 nitrogen and oxygen atoms in total. The third-order valence-electron chi connectivity index (χ3n) is 3.34. The van der Waals surface area contributed by atoms with Crippen molar-refractivity contribution in [3.63, 3.8) is 0 Å². The molecule has 0 aliphatic rings. The van der Waals surface area contributed by atoms with E-state index in [0.717, 1.165) is 36.3 Å². The lowest BCUT2D eigenvalue weighted by atomic mass is 10.1. The van der Waals surface area contributed by atoms with Crippen molar-refractivity contribution in [2.24, 2.45) is 0 Å². The molecule has 0 aliphatic heterocycles. The minimum atomic E-state index is -0.0526. The standard InChI is InChI=1S/C17H23N3O/c1-5-9-21-10-8-16-19-14-11-13(12-18)6-7-15(14)20(16)17(2,3)4/h6-7,11H,5,8-10H2,1-4H3. The molecule has 2 aromatic rings. The van der Waals surface area contributed by atoms with E-state index in [1.807, 2.05) is 18.2 Å². The number of benzene rings is 1. The Morgan fingerprint density at radius 1 is 1.29 bits per heavy atom. The average Bonchev–Trinajstić information content (AvgIpc) is 2.80. The van der Waals surface area contributed by atoms with Crippen molar-refractivity contribution in [1.82, 2.24) is 9.55 Å². The topological polar surface area (TPSA) is 50.8 Å². The molecule has 0 spiro atoms. The maximum Gasteiger partial charge on any atom is 0.112 e. The van der Waals surface area contributed by atoms with Gasteiger partial charge >= 0.3 is 0 Å². The number of imidazole rings is 1. The summed E-state index contributed by atoms with van der Waals surface area (Å²) in [6, 6.07) is 7.87. The summed E-state index contributed by atoms with van der Waals surface area (Å²) in [5.74, 6) is 1.02. The van der Waals surface area contributed by atoms with Gasteiger partial charge in [0.25, 0.3) is 0 Å². The molecule has 0 N–H and O–H groups in total. The van der Waals surface area contributed by atoms with E-state index in [0.29, 0.717) is 12.2 Å². The summed E-state index contributed by atoms with van der Waals surface area (Å²) in [5, 5.41) is 9.03. The van der Waals surface area contributed by atoms with Crippen LogP contribution in [0.4, 0.5) is 0 Å². The summed E-state index contributed by atoms with van der Waals surface area (Å²) in [4.78, 5) is 4.72. The van der Waals surface area contributed by atoms with Crippen LogP contribution in [0.3, 0.4) is 0 Å². The molecule has 1 aromatic heterocycles. The van der Waals surface area contributed by atoms with Gasteiger partial charge in [-0.3, -0.25) is 0 Å². The highest BCUT2D eigenvalue weighted by molar-refractivity contribution is 5.78. The monoisotopic (exact) mass is 285 g/mol. The molecule has 21 heavy (non-hydrogen) atoms. The van der Waals surface area contributed by atoms with Gasteiger partial charge in [-0.05, 0) is 45.4 Å². The molecule has 0 atom stereocenters. The molecule has 0 aliphatic carbocycles. The molecule has 0 amide bonds. The molecule has 4 heteroatoms. The van der Waals surface area contributed by atoms with Crippen LogP contribution in [0.2, 0.25) is 0 Å². The fourth-order valence-corrected chi connectivity index (χ4v) is 2.53. The summed E-state index contributed by atoms with van der Waals surface area (Å²) in [6.45, 7) is 10.1. The van der Waals surface area contributed by atoms with Gasteiger partial charge in [-0.2, -0.15) is 5.26 Å². The van der Waals surface area contributed by atoms with Crippen LogP contribution in [0.15, 0.2) is 18.2 Å². The van der Waals surface area contributed by atoms with Crippen molar-refractivity contribution < 1.29 is 4.74 Å². The van der Waals surface area contributed by atoms with Crippen molar-refractivity contribution in [3.8, 4) is 6.07 Å². The molecule has 2 rings (SSSR count). The van der Waals surface area contributed by atoms with Crippen molar-refractivity contribution in [1.29, 1.82) is 5.26 Å². The van der Waals surface area contributed by atoms with Gasteiger partial charge in [0.2, 0.25) is 0 Å². The molecular weight excluding hydrogens is 262 g/mol. The van der Waals surface area contributed by atoms with Gasteiger partial charge in [0.05, 0.1) is 29.3 Å². The first kappa shape index (κ1) is 15.5. The van der Waals surface area contributed by atoms with Gasteiger partial charge in [0.1, 0.15) is 5.82 Å². The van der Waals surface area contributed by atoms with Gasteiger partial charge in [0.15, 0.2) is 0 Å². The second kappa shape index (κ2) is 6.28. The Bertz CT molecular complexity index is 659. The van der Waals surface area contributed by atoms with E-state index in [9.17, 15) is 0 Å². The van der Waals surface area contributed by atoms with Gasteiger partial charge < -0.3 is 9.30 Å². The Kier molecular flexibility index (Phi) is 4.64. The van der Waals surface area contributed by atoms with Crippen LogP contribution in [-0.2, 0) is 16.7 Å². The van der Waals surface area contributed by atoms with E-state index >= 15 is 0 Å². The van der Waals surface area contributed by atoms with Gasteiger partial charge in [-0.1, -0.05) is 6.92 Å². The molecule has 1 heterocycles. The van der Waals surface area contributed by atoms with E-state index in [2.05, 4.69) is 38.3 Å². The third kappa shape index (κ3) is 3.43. The molecule has 0 bridgehead atoms. The number of aromatic nitrogens is 2. The zero-order chi connectivity index (χ0) is 15.5. The van der Waals surface area contributed by atoms with Crippen LogP contribution in [-0.4, -0.2) is 22.8 Å². The average molecular weight is 285 g/mol. The number of hydrogen-bond donors (Lipinski definition) is 0. The van der Waals surface area contributed by atoms with Crippen LogP contribution in [0.5, 0.6) is 0 Å². The zero-order valence-corrected chi connectivity index (χ0v) is 13.3. The molecule has 0 unspecified atom stereocenters. The molecule has 1 aromatic carbocycles. The lowest BCUT2D eigenvalue weighted by Crippen LogP contribution is -2.24. The highest BCUT2D eigenvalue weighted by Gasteiger charge is 2.21. The van der Waals surface area contributed by atoms with Crippen molar-refractivity contribution >= 4 is 11.0 Å². The maximum absolute atomic E-state index is 9.03. The minimum Gasteiger partial charge on any atom is -0.381 e. The Morgan fingerprint density at radius 3 is 2.67 bits per heavy atom. The first-order chi connectivity index (χ1) is 9.97. The fraction of sp³-hybridized carbons (Fsp3) is 0.529. The minimum absolute atomic E-state index is 0.0526. The maximum atomic E-state index is 9.03. The molecule has 0 saturated carbocycles. The number of ether oxygens (including phenoxy) is 1. The lowest BCUT2D eigenvalue weighted by Gasteiger charge is -2.24. The van der Waals surface area contributed by atoms with Crippen molar-refractivity contribution in [2.75, 3.05) is 13.2 Å². The van der Waals surface area contributed by atoms with Crippen molar-refractivity contribution in [3.05, 3.63) is 29.6 Å². The predicted octanol–water partition coefficient (Wildman–Crippen LogP) is 3.63. The van der Waals surface area contributed by atoms with E-state index in [1.54, 1.807) is 0 Å². The number of nitriles is 1.